The first kappa shape index (κ1) is 18.3. The highest BCUT2D eigenvalue weighted by atomic mass is 35.5. The van der Waals surface area contributed by atoms with E-state index >= 15 is 0 Å². The number of ether oxygens (including phenoxy) is 1. The lowest BCUT2D eigenvalue weighted by molar-refractivity contribution is -0.121. The standard InChI is InChI=1S/C19H15Cl2NO4/c1-2-8-26-13-5-3-4-12(10-13)22-18(24)16(17(23)19(22)25)14-7-6-11(20)9-15(14)21/h3-7,9-10,23H,2,8H2,1H3. The number of imide groups is 1. The molecule has 5 nitrogen and oxygen atoms in total. The van der Waals surface area contributed by atoms with Gasteiger partial charge in [0, 0.05) is 16.7 Å². The molecule has 0 radical (unpaired) electrons. The van der Waals surface area contributed by atoms with Crippen LogP contribution in [-0.4, -0.2) is 23.5 Å². The SMILES string of the molecule is CCCOc1cccc(N2C(=O)C(O)=C(c3ccc(Cl)cc3Cl)C2=O)c1. The van der Waals surface area contributed by atoms with Crippen molar-refractivity contribution < 1.29 is 19.4 Å². The fourth-order valence-corrected chi connectivity index (χ4v) is 3.12. The molecular formula is C19H15Cl2NO4. The van der Waals surface area contributed by atoms with Gasteiger partial charge in [0.1, 0.15) is 5.75 Å². The summed E-state index contributed by atoms with van der Waals surface area (Å²) in [6.45, 7) is 2.49. The molecule has 0 aromatic heterocycles. The maximum Gasteiger partial charge on any atom is 0.301 e. The average molecular weight is 392 g/mol. The molecule has 1 N–H and O–H groups in total. The lowest BCUT2D eigenvalue weighted by atomic mass is 10.1. The number of anilines is 1. The van der Waals surface area contributed by atoms with E-state index in [1.165, 1.54) is 18.2 Å². The smallest absolute Gasteiger partial charge is 0.301 e. The van der Waals surface area contributed by atoms with Crippen molar-refractivity contribution in [2.75, 3.05) is 11.5 Å². The predicted molar refractivity (Wildman–Crippen MR) is 101 cm³/mol. The number of hydrogen-bond acceptors (Lipinski definition) is 4. The first-order chi connectivity index (χ1) is 12.4. The average Bonchev–Trinajstić information content (AvgIpc) is 2.83. The van der Waals surface area contributed by atoms with Gasteiger partial charge in [0.25, 0.3) is 5.91 Å². The number of nitrogens with zero attached hydrogens (tertiary/aromatic N) is 1. The lowest BCUT2D eigenvalue weighted by Gasteiger charge is -2.16. The van der Waals surface area contributed by atoms with E-state index in [-0.39, 0.29) is 16.2 Å². The van der Waals surface area contributed by atoms with Crippen molar-refractivity contribution in [2.24, 2.45) is 0 Å². The van der Waals surface area contributed by atoms with Crippen LogP contribution in [-0.2, 0) is 9.59 Å². The van der Waals surface area contributed by atoms with Crippen LogP contribution in [0, 0.1) is 0 Å². The Bertz CT molecular complexity index is 924. The number of halogens is 2. The molecule has 0 saturated carbocycles. The minimum Gasteiger partial charge on any atom is -0.502 e. The second kappa shape index (κ2) is 7.40. The zero-order valence-electron chi connectivity index (χ0n) is 13.8. The van der Waals surface area contributed by atoms with E-state index in [0.717, 1.165) is 11.3 Å². The summed E-state index contributed by atoms with van der Waals surface area (Å²) in [4.78, 5) is 26.2. The topological polar surface area (TPSA) is 66.8 Å². The second-order valence-electron chi connectivity index (χ2n) is 5.64. The molecule has 0 atom stereocenters. The molecule has 7 heteroatoms. The van der Waals surface area contributed by atoms with Crippen molar-refractivity contribution >= 4 is 46.3 Å². The number of carbonyl (C=O) groups is 2. The Morgan fingerprint density at radius 2 is 1.85 bits per heavy atom. The number of aliphatic hydroxyl groups is 1. The molecule has 0 aliphatic carbocycles. The van der Waals surface area contributed by atoms with E-state index < -0.39 is 17.6 Å². The van der Waals surface area contributed by atoms with Crippen LogP contribution in [0.5, 0.6) is 5.75 Å². The number of rotatable bonds is 5. The molecule has 26 heavy (non-hydrogen) atoms. The number of amides is 2. The third-order valence-corrected chi connectivity index (χ3v) is 4.36. The third-order valence-electron chi connectivity index (χ3n) is 3.81. The molecule has 0 fully saturated rings. The van der Waals surface area contributed by atoms with Gasteiger partial charge in [0.05, 0.1) is 22.9 Å². The Kier molecular flexibility index (Phi) is 5.20. The summed E-state index contributed by atoms with van der Waals surface area (Å²) in [5.74, 6) is -1.60. The number of hydrogen-bond donors (Lipinski definition) is 1. The van der Waals surface area contributed by atoms with Crippen LogP contribution >= 0.6 is 23.2 Å². The van der Waals surface area contributed by atoms with Gasteiger partial charge < -0.3 is 9.84 Å². The molecule has 2 aromatic rings. The van der Waals surface area contributed by atoms with Crippen LogP contribution in [0.1, 0.15) is 18.9 Å². The van der Waals surface area contributed by atoms with Crippen molar-refractivity contribution in [1.29, 1.82) is 0 Å². The number of carbonyl (C=O) groups excluding carboxylic acids is 2. The van der Waals surface area contributed by atoms with E-state index in [2.05, 4.69) is 0 Å². The van der Waals surface area contributed by atoms with E-state index in [4.69, 9.17) is 27.9 Å². The molecule has 1 aliphatic rings. The van der Waals surface area contributed by atoms with Gasteiger partial charge in [-0.05, 0) is 30.7 Å². The van der Waals surface area contributed by atoms with Crippen molar-refractivity contribution in [2.45, 2.75) is 13.3 Å². The van der Waals surface area contributed by atoms with Crippen molar-refractivity contribution in [3.8, 4) is 5.75 Å². The number of aliphatic hydroxyl groups excluding tert-OH is 1. The van der Waals surface area contributed by atoms with Gasteiger partial charge in [-0.2, -0.15) is 0 Å². The van der Waals surface area contributed by atoms with E-state index in [1.807, 2.05) is 6.92 Å². The summed E-state index contributed by atoms with van der Waals surface area (Å²) in [5, 5.41) is 10.8. The van der Waals surface area contributed by atoms with Crippen LogP contribution in [0.3, 0.4) is 0 Å². The number of benzene rings is 2. The molecule has 0 unspecified atom stereocenters. The van der Waals surface area contributed by atoms with E-state index in [1.54, 1.807) is 24.3 Å². The van der Waals surface area contributed by atoms with Gasteiger partial charge in [-0.1, -0.05) is 42.3 Å². The molecule has 1 aliphatic heterocycles. The Hall–Kier alpha value is -2.50. The fraction of sp³-hybridized carbons (Fsp3) is 0.158. The van der Waals surface area contributed by atoms with Crippen LogP contribution in [0.25, 0.3) is 5.57 Å². The van der Waals surface area contributed by atoms with Crippen LogP contribution in [0.2, 0.25) is 10.0 Å². The van der Waals surface area contributed by atoms with Crippen molar-refractivity contribution in [1.82, 2.24) is 0 Å². The monoisotopic (exact) mass is 391 g/mol. The maximum absolute atomic E-state index is 12.8. The van der Waals surface area contributed by atoms with Gasteiger partial charge in [-0.25, -0.2) is 4.90 Å². The molecule has 1 heterocycles. The quantitative estimate of drug-likeness (QED) is 0.754. The molecule has 2 aromatic carbocycles. The Morgan fingerprint density at radius 1 is 1.08 bits per heavy atom. The van der Waals surface area contributed by atoms with Crippen LogP contribution in [0.15, 0.2) is 48.2 Å². The van der Waals surface area contributed by atoms with Gasteiger partial charge in [0.2, 0.25) is 0 Å². The first-order valence-corrected chi connectivity index (χ1v) is 8.70. The fourth-order valence-electron chi connectivity index (χ4n) is 2.62. The van der Waals surface area contributed by atoms with Crippen molar-refractivity contribution in [3.63, 3.8) is 0 Å². The summed E-state index contributed by atoms with van der Waals surface area (Å²) >= 11 is 12.0. The first-order valence-electron chi connectivity index (χ1n) is 7.94. The highest BCUT2D eigenvalue weighted by Crippen LogP contribution is 2.36. The van der Waals surface area contributed by atoms with Gasteiger partial charge in [-0.3, -0.25) is 9.59 Å². The highest BCUT2D eigenvalue weighted by molar-refractivity contribution is 6.47. The van der Waals surface area contributed by atoms with E-state index in [9.17, 15) is 14.7 Å². The molecule has 134 valence electrons. The normalized spacial score (nSPS) is 14.3. The molecule has 0 spiro atoms. The van der Waals surface area contributed by atoms with Gasteiger partial charge >= 0.3 is 5.91 Å². The molecule has 0 bridgehead atoms. The molecule has 3 rings (SSSR count). The summed E-state index contributed by atoms with van der Waals surface area (Å²) in [7, 11) is 0. The van der Waals surface area contributed by atoms with E-state index in [0.29, 0.717) is 23.1 Å². The van der Waals surface area contributed by atoms with Gasteiger partial charge in [-0.15, -0.1) is 0 Å². The highest BCUT2D eigenvalue weighted by Gasteiger charge is 2.41. The minimum atomic E-state index is -0.816. The summed E-state index contributed by atoms with van der Waals surface area (Å²) < 4.78 is 5.54. The summed E-state index contributed by atoms with van der Waals surface area (Å²) in [6.07, 6.45) is 0.827. The minimum absolute atomic E-state index is 0.156. The largest absolute Gasteiger partial charge is 0.502 e. The predicted octanol–water partition coefficient (Wildman–Crippen LogP) is 4.62. The maximum atomic E-state index is 12.8. The van der Waals surface area contributed by atoms with Crippen molar-refractivity contribution in [3.05, 3.63) is 63.8 Å². The second-order valence-corrected chi connectivity index (χ2v) is 6.48. The van der Waals surface area contributed by atoms with Gasteiger partial charge in [0.15, 0.2) is 5.76 Å². The Morgan fingerprint density at radius 3 is 2.54 bits per heavy atom. The molecule has 2 amide bonds. The molecular weight excluding hydrogens is 377 g/mol. The van der Waals surface area contributed by atoms with Crippen LogP contribution < -0.4 is 9.64 Å². The zero-order valence-corrected chi connectivity index (χ0v) is 15.3. The lowest BCUT2D eigenvalue weighted by Crippen LogP contribution is -2.31. The Balaban J connectivity index is 1.98. The van der Waals surface area contributed by atoms with Crippen LogP contribution in [0.4, 0.5) is 5.69 Å². The summed E-state index contributed by atoms with van der Waals surface area (Å²) in [6, 6.07) is 11.0. The Labute approximate surface area is 160 Å². The third kappa shape index (κ3) is 3.28. The summed E-state index contributed by atoms with van der Waals surface area (Å²) in [5.41, 5.74) is 0.393. The zero-order chi connectivity index (χ0) is 18.8. The molecule has 0 saturated heterocycles.